The SMILES string of the molecule is O=C(Nc1ccc(F)cc1)N(CC1CCCCN1)C1CC1. The van der Waals surface area contributed by atoms with E-state index < -0.39 is 0 Å². The molecule has 0 spiro atoms. The minimum absolute atomic E-state index is 0.0727. The van der Waals surface area contributed by atoms with Gasteiger partial charge < -0.3 is 15.5 Å². The standard InChI is InChI=1S/C16H22FN3O/c17-12-4-6-13(7-5-12)19-16(21)20(15-8-9-15)11-14-3-1-2-10-18-14/h4-7,14-15,18H,1-3,8-11H2,(H,19,21). The molecule has 1 heterocycles. The van der Waals surface area contributed by atoms with Crippen molar-refractivity contribution in [3.8, 4) is 0 Å². The van der Waals surface area contributed by atoms with Crippen LogP contribution in [0.25, 0.3) is 0 Å². The Morgan fingerprint density at radius 3 is 2.62 bits per heavy atom. The van der Waals surface area contributed by atoms with Crippen molar-refractivity contribution >= 4 is 11.7 Å². The Morgan fingerprint density at radius 1 is 1.24 bits per heavy atom. The number of urea groups is 1. The summed E-state index contributed by atoms with van der Waals surface area (Å²) < 4.78 is 12.9. The molecule has 4 nitrogen and oxygen atoms in total. The zero-order chi connectivity index (χ0) is 14.7. The number of rotatable bonds is 4. The van der Waals surface area contributed by atoms with Gasteiger partial charge in [-0.15, -0.1) is 0 Å². The lowest BCUT2D eigenvalue weighted by Crippen LogP contribution is -2.48. The number of carbonyl (C=O) groups is 1. The second kappa shape index (κ2) is 6.43. The van der Waals surface area contributed by atoms with Gasteiger partial charge in [-0.05, 0) is 56.5 Å². The monoisotopic (exact) mass is 291 g/mol. The second-order valence-corrected chi connectivity index (χ2v) is 5.97. The molecule has 1 aromatic rings. The number of halogens is 1. The summed E-state index contributed by atoms with van der Waals surface area (Å²) in [5, 5.41) is 6.36. The number of amides is 2. The summed E-state index contributed by atoms with van der Waals surface area (Å²) in [5.74, 6) is -0.293. The van der Waals surface area contributed by atoms with E-state index >= 15 is 0 Å². The maximum atomic E-state index is 12.9. The Balaban J connectivity index is 1.60. The number of anilines is 1. The number of nitrogens with one attached hydrogen (secondary N) is 2. The third-order valence-electron chi connectivity index (χ3n) is 4.17. The third kappa shape index (κ3) is 3.94. The van der Waals surface area contributed by atoms with E-state index in [4.69, 9.17) is 0 Å². The number of piperidine rings is 1. The molecule has 114 valence electrons. The van der Waals surface area contributed by atoms with Crippen LogP contribution < -0.4 is 10.6 Å². The summed E-state index contributed by atoms with van der Waals surface area (Å²) in [5.41, 5.74) is 0.642. The second-order valence-electron chi connectivity index (χ2n) is 5.97. The molecule has 2 N–H and O–H groups in total. The van der Waals surface area contributed by atoms with E-state index in [0.717, 1.165) is 32.4 Å². The molecular formula is C16H22FN3O. The van der Waals surface area contributed by atoms with E-state index in [1.165, 1.54) is 25.0 Å². The van der Waals surface area contributed by atoms with Gasteiger partial charge in [0.05, 0.1) is 0 Å². The van der Waals surface area contributed by atoms with Crippen molar-refractivity contribution in [1.29, 1.82) is 0 Å². The molecule has 0 aromatic heterocycles. The van der Waals surface area contributed by atoms with Crippen LogP contribution in [0.4, 0.5) is 14.9 Å². The number of benzene rings is 1. The highest BCUT2D eigenvalue weighted by atomic mass is 19.1. The Kier molecular flexibility index (Phi) is 4.39. The van der Waals surface area contributed by atoms with Crippen LogP contribution in [0.2, 0.25) is 0 Å². The lowest BCUT2D eigenvalue weighted by atomic mass is 10.0. The molecule has 5 heteroatoms. The van der Waals surface area contributed by atoms with Gasteiger partial charge in [0.15, 0.2) is 0 Å². The summed E-state index contributed by atoms with van der Waals surface area (Å²) in [6.45, 7) is 1.81. The van der Waals surface area contributed by atoms with E-state index in [1.807, 2.05) is 4.90 Å². The minimum Gasteiger partial charge on any atom is -0.320 e. The lowest BCUT2D eigenvalue weighted by molar-refractivity contribution is 0.196. The number of nitrogens with zero attached hydrogens (tertiary/aromatic N) is 1. The first-order valence-electron chi connectivity index (χ1n) is 7.79. The van der Waals surface area contributed by atoms with Gasteiger partial charge in [-0.2, -0.15) is 0 Å². The van der Waals surface area contributed by atoms with Crippen LogP contribution in [0.3, 0.4) is 0 Å². The van der Waals surface area contributed by atoms with Crippen molar-refractivity contribution in [2.24, 2.45) is 0 Å². The lowest BCUT2D eigenvalue weighted by Gasteiger charge is -2.30. The molecule has 0 radical (unpaired) electrons. The summed E-state index contributed by atoms with van der Waals surface area (Å²) in [4.78, 5) is 14.4. The Morgan fingerprint density at radius 2 is 2.00 bits per heavy atom. The molecule has 2 fully saturated rings. The predicted molar refractivity (Wildman–Crippen MR) is 80.8 cm³/mol. The van der Waals surface area contributed by atoms with E-state index in [0.29, 0.717) is 17.8 Å². The number of carbonyl (C=O) groups excluding carboxylic acids is 1. The van der Waals surface area contributed by atoms with Crippen molar-refractivity contribution in [2.75, 3.05) is 18.4 Å². The van der Waals surface area contributed by atoms with E-state index in [2.05, 4.69) is 10.6 Å². The van der Waals surface area contributed by atoms with Gasteiger partial charge >= 0.3 is 6.03 Å². The molecule has 3 rings (SSSR count). The van der Waals surface area contributed by atoms with Crippen molar-refractivity contribution < 1.29 is 9.18 Å². The summed E-state index contributed by atoms with van der Waals surface area (Å²) in [7, 11) is 0. The van der Waals surface area contributed by atoms with Crippen LogP contribution in [-0.4, -0.2) is 36.1 Å². The first-order chi connectivity index (χ1) is 10.2. The minimum atomic E-state index is -0.293. The number of hydrogen-bond acceptors (Lipinski definition) is 2. The van der Waals surface area contributed by atoms with Gasteiger partial charge in [-0.1, -0.05) is 6.42 Å². The third-order valence-corrected chi connectivity index (χ3v) is 4.17. The largest absolute Gasteiger partial charge is 0.322 e. The zero-order valence-electron chi connectivity index (χ0n) is 12.1. The maximum Gasteiger partial charge on any atom is 0.322 e. The normalized spacial score (nSPS) is 21.9. The first-order valence-corrected chi connectivity index (χ1v) is 7.79. The molecule has 1 atom stereocenters. The zero-order valence-corrected chi connectivity index (χ0v) is 12.1. The molecule has 21 heavy (non-hydrogen) atoms. The molecule has 1 saturated heterocycles. The van der Waals surface area contributed by atoms with Crippen molar-refractivity contribution in [3.63, 3.8) is 0 Å². The molecule has 1 aromatic carbocycles. The summed E-state index contributed by atoms with van der Waals surface area (Å²) in [6, 6.07) is 6.61. The molecule has 1 aliphatic carbocycles. The fourth-order valence-electron chi connectivity index (χ4n) is 2.83. The highest BCUT2D eigenvalue weighted by Gasteiger charge is 2.34. The Labute approximate surface area is 124 Å². The highest BCUT2D eigenvalue weighted by molar-refractivity contribution is 5.89. The molecule has 1 saturated carbocycles. The quantitative estimate of drug-likeness (QED) is 0.896. The number of hydrogen-bond donors (Lipinski definition) is 2. The topological polar surface area (TPSA) is 44.4 Å². The summed E-state index contributed by atoms with van der Waals surface area (Å²) in [6.07, 6.45) is 5.76. The fraction of sp³-hybridized carbons (Fsp3) is 0.562. The predicted octanol–water partition coefficient (Wildman–Crippen LogP) is 2.96. The van der Waals surface area contributed by atoms with Crippen molar-refractivity contribution in [2.45, 2.75) is 44.2 Å². The van der Waals surface area contributed by atoms with E-state index in [1.54, 1.807) is 12.1 Å². The molecule has 1 aliphatic heterocycles. The Bertz CT molecular complexity index is 481. The maximum absolute atomic E-state index is 12.9. The summed E-state index contributed by atoms with van der Waals surface area (Å²) >= 11 is 0. The van der Waals surface area contributed by atoms with Crippen LogP contribution in [-0.2, 0) is 0 Å². The van der Waals surface area contributed by atoms with Crippen molar-refractivity contribution in [3.05, 3.63) is 30.1 Å². The van der Waals surface area contributed by atoms with Crippen LogP contribution in [0.15, 0.2) is 24.3 Å². The molecule has 2 amide bonds. The van der Waals surface area contributed by atoms with Crippen LogP contribution in [0.5, 0.6) is 0 Å². The molecule has 1 unspecified atom stereocenters. The van der Waals surface area contributed by atoms with Crippen LogP contribution in [0.1, 0.15) is 32.1 Å². The Hall–Kier alpha value is -1.62. The average Bonchev–Trinajstić information content (AvgIpc) is 3.33. The van der Waals surface area contributed by atoms with Gasteiger partial charge in [-0.25, -0.2) is 9.18 Å². The van der Waals surface area contributed by atoms with E-state index in [9.17, 15) is 9.18 Å². The smallest absolute Gasteiger partial charge is 0.320 e. The highest BCUT2D eigenvalue weighted by Crippen LogP contribution is 2.28. The van der Waals surface area contributed by atoms with Crippen LogP contribution >= 0.6 is 0 Å². The molecular weight excluding hydrogens is 269 g/mol. The fourth-order valence-corrected chi connectivity index (χ4v) is 2.83. The van der Waals surface area contributed by atoms with Crippen LogP contribution in [0, 0.1) is 5.82 Å². The van der Waals surface area contributed by atoms with Gasteiger partial charge in [0.25, 0.3) is 0 Å². The van der Waals surface area contributed by atoms with E-state index in [-0.39, 0.29) is 11.8 Å². The molecule has 2 aliphatic rings. The molecule has 0 bridgehead atoms. The van der Waals surface area contributed by atoms with Gasteiger partial charge in [-0.3, -0.25) is 0 Å². The first kappa shape index (κ1) is 14.3. The van der Waals surface area contributed by atoms with Gasteiger partial charge in [0.1, 0.15) is 5.82 Å². The van der Waals surface area contributed by atoms with Gasteiger partial charge in [0.2, 0.25) is 0 Å². The van der Waals surface area contributed by atoms with Crippen molar-refractivity contribution in [1.82, 2.24) is 10.2 Å². The average molecular weight is 291 g/mol. The van der Waals surface area contributed by atoms with Gasteiger partial charge in [0, 0.05) is 24.3 Å².